The van der Waals surface area contributed by atoms with Crippen LogP contribution in [0.4, 0.5) is 0 Å². The molecule has 0 aliphatic carbocycles. The third kappa shape index (κ3) is 2.48. The van der Waals surface area contributed by atoms with E-state index < -0.39 is 0 Å². The van der Waals surface area contributed by atoms with Crippen LogP contribution in [0.5, 0.6) is 0 Å². The van der Waals surface area contributed by atoms with E-state index in [-0.39, 0.29) is 0 Å². The molecule has 0 aromatic rings. The normalized spacial score (nSPS) is 17.5. The van der Waals surface area contributed by atoms with Crippen molar-refractivity contribution in [2.75, 3.05) is 0 Å². The van der Waals surface area contributed by atoms with Crippen LogP contribution in [0.3, 0.4) is 0 Å². The highest BCUT2D eigenvalue weighted by Crippen LogP contribution is 2.49. The molecule has 0 bridgehead atoms. The minimum atomic E-state index is 0.456. The van der Waals surface area contributed by atoms with Crippen LogP contribution < -0.4 is 0 Å². The predicted molar refractivity (Wildman–Crippen MR) is 61.9 cm³/mol. The van der Waals surface area contributed by atoms with Crippen LogP contribution in [0.2, 0.25) is 0 Å². The fourth-order valence-corrected chi connectivity index (χ4v) is 2.20. The maximum absolute atomic E-state index is 2.45. The van der Waals surface area contributed by atoms with Gasteiger partial charge in [0.2, 0.25) is 0 Å². The summed E-state index contributed by atoms with van der Waals surface area (Å²) in [6, 6.07) is 0. The van der Waals surface area contributed by atoms with Crippen LogP contribution in [0.25, 0.3) is 0 Å². The molecule has 0 aliphatic heterocycles. The fraction of sp³-hybridized carbons (Fsp3) is 1.00. The van der Waals surface area contributed by atoms with Crippen molar-refractivity contribution in [2.45, 2.75) is 67.7 Å². The van der Waals surface area contributed by atoms with Crippen molar-refractivity contribution in [1.82, 2.24) is 0 Å². The molecule has 0 saturated heterocycles. The van der Waals surface area contributed by atoms with Crippen LogP contribution in [0, 0.1) is 16.7 Å². The van der Waals surface area contributed by atoms with E-state index in [4.69, 9.17) is 0 Å². The minimum absolute atomic E-state index is 0.456. The summed E-state index contributed by atoms with van der Waals surface area (Å²) in [6.45, 7) is 16.6. The van der Waals surface area contributed by atoms with E-state index in [2.05, 4.69) is 48.5 Å². The Morgan fingerprint density at radius 1 is 1.00 bits per heavy atom. The van der Waals surface area contributed by atoms with Gasteiger partial charge in [0.1, 0.15) is 0 Å². The van der Waals surface area contributed by atoms with Crippen molar-refractivity contribution in [3.8, 4) is 0 Å². The molecule has 0 fully saturated rings. The predicted octanol–water partition coefficient (Wildman–Crippen LogP) is 4.89. The molecule has 0 heterocycles. The van der Waals surface area contributed by atoms with Crippen molar-refractivity contribution in [2.24, 2.45) is 16.7 Å². The molecule has 0 N–H and O–H groups in total. The summed E-state index contributed by atoms with van der Waals surface area (Å²) < 4.78 is 0. The van der Waals surface area contributed by atoms with Crippen LogP contribution in [-0.2, 0) is 0 Å². The van der Waals surface area contributed by atoms with Gasteiger partial charge in [0.25, 0.3) is 0 Å². The molecule has 0 amide bonds. The smallest absolute Gasteiger partial charge is 0.0275 e. The highest BCUT2D eigenvalue weighted by molar-refractivity contribution is 4.90. The lowest BCUT2D eigenvalue weighted by atomic mass is 9.58. The van der Waals surface area contributed by atoms with Crippen molar-refractivity contribution < 1.29 is 0 Å². The second-order valence-electron chi connectivity index (χ2n) is 5.54. The van der Waals surface area contributed by atoms with Crippen LogP contribution in [-0.4, -0.2) is 0 Å². The van der Waals surface area contributed by atoms with Gasteiger partial charge in [0.15, 0.2) is 0 Å². The lowest BCUT2D eigenvalue weighted by molar-refractivity contribution is 0.0256. The van der Waals surface area contributed by atoms with Gasteiger partial charge < -0.3 is 0 Å². The Hall–Kier alpha value is 0. The Morgan fingerprint density at radius 3 is 1.69 bits per heavy atom. The fourth-order valence-electron chi connectivity index (χ4n) is 2.20. The topological polar surface area (TPSA) is 0 Å². The summed E-state index contributed by atoms with van der Waals surface area (Å²) in [4.78, 5) is 0. The van der Waals surface area contributed by atoms with Crippen molar-refractivity contribution in [3.63, 3.8) is 0 Å². The van der Waals surface area contributed by atoms with Gasteiger partial charge in [0, 0.05) is 0 Å². The first-order chi connectivity index (χ1) is 5.81. The third-order valence-electron chi connectivity index (χ3n) is 4.58. The first-order valence-electron chi connectivity index (χ1n) is 5.81. The molecule has 80 valence electrons. The zero-order valence-electron chi connectivity index (χ0n) is 10.7. The van der Waals surface area contributed by atoms with Gasteiger partial charge in [-0.2, -0.15) is 0 Å². The van der Waals surface area contributed by atoms with Crippen molar-refractivity contribution in [3.05, 3.63) is 0 Å². The van der Waals surface area contributed by atoms with E-state index in [0.29, 0.717) is 10.8 Å². The Bertz CT molecular complexity index is 144. The van der Waals surface area contributed by atoms with Gasteiger partial charge in [-0.15, -0.1) is 0 Å². The second kappa shape index (κ2) is 4.48. The molecule has 0 radical (unpaired) electrons. The molecule has 0 saturated carbocycles. The average Bonchev–Trinajstić information content (AvgIpc) is 2.04. The summed E-state index contributed by atoms with van der Waals surface area (Å²) in [6.07, 6.45) is 3.96. The SMILES string of the molecule is CCCC(C)(CC)C(C)(C)C(C)C. The highest BCUT2D eigenvalue weighted by atomic mass is 14.4. The maximum atomic E-state index is 2.45. The van der Waals surface area contributed by atoms with Gasteiger partial charge in [-0.3, -0.25) is 0 Å². The Labute approximate surface area is 85.1 Å². The summed E-state index contributed by atoms with van der Waals surface area (Å²) in [5.41, 5.74) is 0.966. The molecule has 1 unspecified atom stereocenters. The Kier molecular flexibility index (Phi) is 4.48. The van der Waals surface area contributed by atoms with E-state index in [0.717, 1.165) is 5.92 Å². The van der Waals surface area contributed by atoms with Gasteiger partial charge >= 0.3 is 0 Å². The van der Waals surface area contributed by atoms with E-state index >= 15 is 0 Å². The van der Waals surface area contributed by atoms with Gasteiger partial charge in [-0.1, -0.05) is 61.3 Å². The number of hydrogen-bond donors (Lipinski definition) is 0. The van der Waals surface area contributed by atoms with E-state index in [1.54, 1.807) is 0 Å². The van der Waals surface area contributed by atoms with Gasteiger partial charge in [-0.05, 0) is 23.2 Å². The summed E-state index contributed by atoms with van der Waals surface area (Å²) in [7, 11) is 0. The largest absolute Gasteiger partial charge is 0.0654 e. The monoisotopic (exact) mass is 184 g/mol. The molecule has 0 aliphatic rings. The molecule has 0 aromatic heterocycles. The molecule has 0 spiro atoms. The lowest BCUT2D eigenvalue weighted by Gasteiger charge is -2.47. The minimum Gasteiger partial charge on any atom is -0.0654 e. The average molecular weight is 184 g/mol. The highest BCUT2D eigenvalue weighted by Gasteiger charge is 2.40. The molecule has 13 heavy (non-hydrogen) atoms. The van der Waals surface area contributed by atoms with E-state index in [1.807, 2.05) is 0 Å². The maximum Gasteiger partial charge on any atom is -0.0275 e. The Morgan fingerprint density at radius 2 is 1.46 bits per heavy atom. The number of hydrogen-bond acceptors (Lipinski definition) is 0. The van der Waals surface area contributed by atoms with E-state index in [9.17, 15) is 0 Å². The quantitative estimate of drug-likeness (QED) is 0.571. The molecule has 0 nitrogen and oxygen atoms in total. The molecular formula is C13H28. The van der Waals surface area contributed by atoms with Crippen LogP contribution in [0.1, 0.15) is 67.7 Å². The molecule has 1 atom stereocenters. The van der Waals surface area contributed by atoms with E-state index in [1.165, 1.54) is 19.3 Å². The molecular weight excluding hydrogens is 156 g/mol. The molecule has 0 rings (SSSR count). The van der Waals surface area contributed by atoms with Crippen molar-refractivity contribution >= 4 is 0 Å². The zero-order valence-corrected chi connectivity index (χ0v) is 10.7. The summed E-state index contributed by atoms with van der Waals surface area (Å²) in [5, 5.41) is 0. The molecule has 0 aromatic carbocycles. The third-order valence-corrected chi connectivity index (χ3v) is 4.58. The van der Waals surface area contributed by atoms with Crippen LogP contribution >= 0.6 is 0 Å². The standard InChI is InChI=1S/C13H28/c1-8-10-13(7,9-2)12(5,6)11(3)4/h11H,8-10H2,1-7H3. The van der Waals surface area contributed by atoms with Crippen molar-refractivity contribution in [1.29, 1.82) is 0 Å². The summed E-state index contributed by atoms with van der Waals surface area (Å²) in [5.74, 6) is 0.768. The lowest BCUT2D eigenvalue weighted by Crippen LogP contribution is -2.38. The summed E-state index contributed by atoms with van der Waals surface area (Å²) >= 11 is 0. The molecule has 0 heteroatoms. The zero-order chi connectivity index (χ0) is 10.7. The second-order valence-corrected chi connectivity index (χ2v) is 5.54. The Balaban J connectivity index is 4.72. The van der Waals surface area contributed by atoms with Gasteiger partial charge in [0.05, 0.1) is 0 Å². The number of rotatable bonds is 5. The van der Waals surface area contributed by atoms with Gasteiger partial charge in [-0.25, -0.2) is 0 Å². The first-order valence-corrected chi connectivity index (χ1v) is 5.81. The van der Waals surface area contributed by atoms with Crippen LogP contribution in [0.15, 0.2) is 0 Å². The first kappa shape index (κ1) is 13.0.